The van der Waals surface area contributed by atoms with Crippen molar-refractivity contribution in [2.45, 2.75) is 12.0 Å². The standard InChI is InChI=1S/C9H9BrF3NO.ClH/c10-6-1-5(2-7(11)3-6)8(14)9(12,13)4-15;/h1-3,8,15H,4,14H2;1H/t8-;/m1./s1. The summed E-state index contributed by atoms with van der Waals surface area (Å²) < 4.78 is 39.2. The normalized spacial score (nSPS) is 13.1. The van der Waals surface area contributed by atoms with E-state index in [-0.39, 0.29) is 18.0 Å². The van der Waals surface area contributed by atoms with Crippen molar-refractivity contribution >= 4 is 28.3 Å². The van der Waals surface area contributed by atoms with E-state index in [1.54, 1.807) is 0 Å². The summed E-state index contributed by atoms with van der Waals surface area (Å²) in [6.45, 7) is -1.37. The van der Waals surface area contributed by atoms with Crippen LogP contribution in [0.1, 0.15) is 11.6 Å². The molecule has 0 aliphatic rings. The number of alkyl halides is 2. The minimum atomic E-state index is -3.47. The van der Waals surface area contributed by atoms with E-state index < -0.39 is 24.4 Å². The van der Waals surface area contributed by atoms with E-state index in [1.165, 1.54) is 6.07 Å². The van der Waals surface area contributed by atoms with Gasteiger partial charge in [-0.3, -0.25) is 0 Å². The smallest absolute Gasteiger partial charge is 0.289 e. The van der Waals surface area contributed by atoms with E-state index in [9.17, 15) is 13.2 Å². The van der Waals surface area contributed by atoms with Gasteiger partial charge in [0, 0.05) is 4.47 Å². The van der Waals surface area contributed by atoms with E-state index in [1.807, 2.05) is 0 Å². The predicted octanol–water partition coefficient (Wildman–Crippen LogP) is 2.64. The van der Waals surface area contributed by atoms with Crippen LogP contribution in [0.2, 0.25) is 0 Å². The zero-order chi connectivity index (χ0) is 11.6. The highest BCUT2D eigenvalue weighted by atomic mass is 79.9. The van der Waals surface area contributed by atoms with E-state index in [4.69, 9.17) is 10.8 Å². The van der Waals surface area contributed by atoms with Crippen molar-refractivity contribution in [1.82, 2.24) is 0 Å². The largest absolute Gasteiger partial charge is 0.390 e. The Kier molecular flexibility index (Phi) is 5.75. The average Bonchev–Trinajstić information content (AvgIpc) is 2.15. The summed E-state index contributed by atoms with van der Waals surface area (Å²) in [6.07, 6.45) is 0. The molecule has 0 unspecified atom stereocenters. The molecule has 0 heterocycles. The van der Waals surface area contributed by atoms with Crippen LogP contribution < -0.4 is 5.73 Å². The molecular formula is C9H10BrClF3NO. The quantitative estimate of drug-likeness (QED) is 0.899. The molecule has 0 amide bonds. The fourth-order valence-corrected chi connectivity index (χ4v) is 1.58. The van der Waals surface area contributed by atoms with E-state index in [2.05, 4.69) is 15.9 Å². The zero-order valence-corrected chi connectivity index (χ0v) is 10.4. The van der Waals surface area contributed by atoms with Gasteiger partial charge in [0.15, 0.2) is 0 Å². The monoisotopic (exact) mass is 319 g/mol. The number of hydrogen-bond donors (Lipinski definition) is 2. The summed E-state index contributed by atoms with van der Waals surface area (Å²) in [5.74, 6) is -4.13. The van der Waals surface area contributed by atoms with Gasteiger partial charge in [0.1, 0.15) is 12.4 Å². The maximum Gasteiger partial charge on any atom is 0.289 e. The summed E-state index contributed by atoms with van der Waals surface area (Å²) in [5, 5.41) is 8.43. The minimum Gasteiger partial charge on any atom is -0.390 e. The first kappa shape index (κ1) is 15.7. The van der Waals surface area contributed by atoms with Crippen LogP contribution in [0.4, 0.5) is 13.2 Å². The predicted molar refractivity (Wildman–Crippen MR) is 60.3 cm³/mol. The highest BCUT2D eigenvalue weighted by Gasteiger charge is 2.37. The lowest BCUT2D eigenvalue weighted by Gasteiger charge is -2.21. The third kappa shape index (κ3) is 3.62. The van der Waals surface area contributed by atoms with Crippen molar-refractivity contribution in [3.63, 3.8) is 0 Å². The number of aliphatic hydroxyl groups excluding tert-OH is 1. The van der Waals surface area contributed by atoms with Crippen LogP contribution in [0.5, 0.6) is 0 Å². The van der Waals surface area contributed by atoms with Crippen molar-refractivity contribution < 1.29 is 18.3 Å². The van der Waals surface area contributed by atoms with Crippen LogP contribution in [0.3, 0.4) is 0 Å². The topological polar surface area (TPSA) is 46.2 Å². The molecule has 1 aromatic carbocycles. The second-order valence-electron chi connectivity index (χ2n) is 3.10. The molecule has 1 aromatic rings. The van der Waals surface area contributed by atoms with Gasteiger partial charge in [-0.05, 0) is 23.8 Å². The van der Waals surface area contributed by atoms with E-state index in [0.29, 0.717) is 4.47 Å². The van der Waals surface area contributed by atoms with Gasteiger partial charge in [-0.25, -0.2) is 13.2 Å². The van der Waals surface area contributed by atoms with E-state index in [0.717, 1.165) is 12.1 Å². The summed E-state index contributed by atoms with van der Waals surface area (Å²) >= 11 is 2.97. The lowest BCUT2D eigenvalue weighted by atomic mass is 10.0. The molecule has 1 atom stereocenters. The number of benzene rings is 1. The number of halogens is 5. The maximum atomic E-state index is 13.0. The van der Waals surface area contributed by atoms with Gasteiger partial charge < -0.3 is 10.8 Å². The average molecular weight is 321 g/mol. The Morgan fingerprint density at radius 1 is 1.38 bits per heavy atom. The van der Waals surface area contributed by atoms with Crippen LogP contribution >= 0.6 is 28.3 Å². The molecule has 0 aromatic heterocycles. The number of nitrogens with two attached hydrogens (primary N) is 1. The second-order valence-corrected chi connectivity index (χ2v) is 4.02. The number of rotatable bonds is 3. The van der Waals surface area contributed by atoms with Crippen LogP contribution in [0, 0.1) is 5.82 Å². The summed E-state index contributed by atoms with van der Waals surface area (Å²) in [4.78, 5) is 0. The molecule has 0 aliphatic carbocycles. The third-order valence-corrected chi connectivity index (χ3v) is 2.37. The van der Waals surface area contributed by atoms with Crippen molar-refractivity contribution in [2.24, 2.45) is 5.73 Å². The summed E-state index contributed by atoms with van der Waals surface area (Å²) in [5.41, 5.74) is 5.15. The van der Waals surface area contributed by atoms with Crippen molar-refractivity contribution in [1.29, 1.82) is 0 Å². The zero-order valence-electron chi connectivity index (χ0n) is 7.96. The van der Waals surface area contributed by atoms with Gasteiger partial charge in [-0.2, -0.15) is 0 Å². The van der Waals surface area contributed by atoms with Crippen molar-refractivity contribution in [3.8, 4) is 0 Å². The van der Waals surface area contributed by atoms with Crippen molar-refractivity contribution in [2.75, 3.05) is 6.61 Å². The van der Waals surface area contributed by atoms with Crippen LogP contribution in [0.25, 0.3) is 0 Å². The van der Waals surface area contributed by atoms with Gasteiger partial charge in [0.2, 0.25) is 0 Å². The molecule has 2 nitrogen and oxygen atoms in total. The van der Waals surface area contributed by atoms with Gasteiger partial charge >= 0.3 is 0 Å². The fraction of sp³-hybridized carbons (Fsp3) is 0.333. The molecule has 1 rings (SSSR count). The molecule has 7 heteroatoms. The SMILES string of the molecule is Cl.N[C@H](c1cc(F)cc(Br)c1)C(F)(F)CO. The van der Waals surface area contributed by atoms with Gasteiger partial charge in [-0.15, -0.1) is 12.4 Å². The Balaban J connectivity index is 0.00000225. The molecule has 0 saturated carbocycles. The highest BCUT2D eigenvalue weighted by Crippen LogP contribution is 2.30. The van der Waals surface area contributed by atoms with E-state index >= 15 is 0 Å². The Hall–Kier alpha value is -0.300. The summed E-state index contributed by atoms with van der Waals surface area (Å²) in [7, 11) is 0. The molecule has 0 radical (unpaired) electrons. The Bertz CT molecular complexity index is 344. The molecule has 0 aliphatic heterocycles. The van der Waals surface area contributed by atoms with Gasteiger partial charge in [0.05, 0.1) is 6.04 Å². The molecule has 16 heavy (non-hydrogen) atoms. The lowest BCUT2D eigenvalue weighted by molar-refractivity contribution is -0.0712. The molecule has 92 valence electrons. The molecule has 0 fully saturated rings. The highest BCUT2D eigenvalue weighted by molar-refractivity contribution is 9.10. The third-order valence-electron chi connectivity index (χ3n) is 1.91. The molecular weight excluding hydrogens is 310 g/mol. The molecule has 0 spiro atoms. The Morgan fingerprint density at radius 3 is 2.38 bits per heavy atom. The second kappa shape index (κ2) is 5.86. The van der Waals surface area contributed by atoms with Crippen LogP contribution in [-0.4, -0.2) is 17.6 Å². The molecule has 0 saturated heterocycles. The number of aliphatic hydroxyl groups is 1. The maximum absolute atomic E-state index is 13.0. The van der Waals surface area contributed by atoms with Crippen molar-refractivity contribution in [3.05, 3.63) is 34.1 Å². The van der Waals surface area contributed by atoms with Crippen LogP contribution in [0.15, 0.2) is 22.7 Å². The molecule has 0 bridgehead atoms. The summed E-state index contributed by atoms with van der Waals surface area (Å²) in [6, 6.07) is 1.61. The van der Waals surface area contributed by atoms with Gasteiger partial charge in [0.25, 0.3) is 5.92 Å². The Morgan fingerprint density at radius 2 is 1.94 bits per heavy atom. The van der Waals surface area contributed by atoms with Gasteiger partial charge in [-0.1, -0.05) is 15.9 Å². The minimum absolute atomic E-state index is 0. The first-order valence-corrected chi connectivity index (χ1v) is 4.86. The first-order valence-electron chi connectivity index (χ1n) is 4.07. The number of hydrogen-bond acceptors (Lipinski definition) is 2. The first-order chi connectivity index (χ1) is 6.86. The Labute approximate surface area is 105 Å². The van der Waals surface area contributed by atoms with Crippen LogP contribution in [-0.2, 0) is 0 Å². The fourth-order valence-electron chi connectivity index (χ4n) is 1.10. The molecule has 3 N–H and O–H groups in total. The lowest BCUT2D eigenvalue weighted by Crippen LogP contribution is -2.36.